The molecule has 1 N–H and O–H groups in total. The van der Waals surface area contributed by atoms with Crippen LogP contribution in [-0.2, 0) is 0 Å². The molecule has 1 aliphatic rings. The van der Waals surface area contributed by atoms with Crippen LogP contribution in [0, 0.1) is 0 Å². The first-order chi connectivity index (χ1) is 9.86. The van der Waals surface area contributed by atoms with Crippen molar-refractivity contribution in [2.45, 2.75) is 51.5 Å². The molecular weight excluding hydrogens is 248 g/mol. The molecule has 1 aromatic rings. The molecule has 0 saturated heterocycles. The molecule has 0 spiro atoms. The van der Waals surface area contributed by atoms with Crippen LogP contribution in [0.2, 0.25) is 0 Å². The molecule has 0 aliphatic heterocycles. The summed E-state index contributed by atoms with van der Waals surface area (Å²) in [4.78, 5) is 4.17. The first-order valence-electron chi connectivity index (χ1n) is 7.77. The highest BCUT2D eigenvalue weighted by atomic mass is 16.5. The van der Waals surface area contributed by atoms with E-state index in [2.05, 4.69) is 29.4 Å². The molecule has 110 valence electrons. The van der Waals surface area contributed by atoms with Crippen molar-refractivity contribution >= 4 is 0 Å². The second-order valence-corrected chi connectivity index (χ2v) is 5.34. The molecule has 1 aromatic heterocycles. The molecule has 0 radical (unpaired) electrons. The van der Waals surface area contributed by atoms with E-state index in [4.69, 9.17) is 4.74 Å². The third kappa shape index (κ3) is 3.83. The van der Waals surface area contributed by atoms with Crippen LogP contribution in [0.5, 0.6) is 5.75 Å². The molecule has 0 bridgehead atoms. The summed E-state index contributed by atoms with van der Waals surface area (Å²) in [6, 6.07) is 2.34. The maximum absolute atomic E-state index is 5.49. The van der Waals surface area contributed by atoms with Gasteiger partial charge < -0.3 is 10.1 Å². The SMILES string of the molecule is CCNC(/C1=C/CCCCCC1)c1ccncc1OC. The van der Waals surface area contributed by atoms with Crippen molar-refractivity contribution in [1.29, 1.82) is 0 Å². The number of allylic oxidation sites excluding steroid dienone is 1. The number of nitrogens with zero attached hydrogens (tertiary/aromatic N) is 1. The lowest BCUT2D eigenvalue weighted by Crippen LogP contribution is -2.24. The lowest BCUT2D eigenvalue weighted by Gasteiger charge is -2.25. The third-order valence-corrected chi connectivity index (χ3v) is 3.95. The number of pyridine rings is 1. The van der Waals surface area contributed by atoms with E-state index in [1.165, 1.54) is 49.7 Å². The van der Waals surface area contributed by atoms with Gasteiger partial charge in [0.05, 0.1) is 19.3 Å². The van der Waals surface area contributed by atoms with Crippen molar-refractivity contribution in [3.05, 3.63) is 35.7 Å². The number of likely N-dealkylation sites (N-methyl/N-ethyl adjacent to an activating group) is 1. The van der Waals surface area contributed by atoms with E-state index >= 15 is 0 Å². The number of rotatable bonds is 5. The average Bonchev–Trinajstić information content (AvgIpc) is 2.45. The van der Waals surface area contributed by atoms with Gasteiger partial charge in [0.2, 0.25) is 0 Å². The molecule has 0 amide bonds. The summed E-state index contributed by atoms with van der Waals surface area (Å²) in [6.07, 6.45) is 13.8. The minimum atomic E-state index is 0.260. The van der Waals surface area contributed by atoms with E-state index in [9.17, 15) is 0 Å². The third-order valence-electron chi connectivity index (χ3n) is 3.95. The molecule has 3 heteroatoms. The lowest BCUT2D eigenvalue weighted by atomic mass is 9.91. The van der Waals surface area contributed by atoms with Crippen LogP contribution < -0.4 is 10.1 Å². The molecular formula is C17H26N2O. The van der Waals surface area contributed by atoms with Crippen LogP contribution in [0.4, 0.5) is 0 Å². The Kier molecular flexibility index (Phi) is 6.06. The highest BCUT2D eigenvalue weighted by Crippen LogP contribution is 2.33. The van der Waals surface area contributed by atoms with Gasteiger partial charge in [-0.2, -0.15) is 0 Å². The number of ether oxygens (including phenoxy) is 1. The van der Waals surface area contributed by atoms with Gasteiger partial charge in [0.15, 0.2) is 0 Å². The van der Waals surface area contributed by atoms with Crippen molar-refractivity contribution < 1.29 is 4.74 Å². The van der Waals surface area contributed by atoms with Gasteiger partial charge >= 0.3 is 0 Å². The summed E-state index contributed by atoms with van der Waals surface area (Å²) < 4.78 is 5.49. The quantitative estimate of drug-likeness (QED) is 0.823. The molecule has 20 heavy (non-hydrogen) atoms. The Morgan fingerprint density at radius 2 is 2.15 bits per heavy atom. The predicted octanol–water partition coefficient (Wildman–Crippen LogP) is 4.02. The maximum atomic E-state index is 5.49. The second-order valence-electron chi connectivity index (χ2n) is 5.34. The normalized spacial score (nSPS) is 20.4. The zero-order valence-electron chi connectivity index (χ0n) is 12.7. The van der Waals surface area contributed by atoms with Crippen LogP contribution in [0.25, 0.3) is 0 Å². The first-order valence-corrected chi connectivity index (χ1v) is 7.77. The van der Waals surface area contributed by atoms with E-state index in [-0.39, 0.29) is 6.04 Å². The van der Waals surface area contributed by atoms with Crippen LogP contribution in [0.1, 0.15) is 57.1 Å². The minimum absolute atomic E-state index is 0.260. The van der Waals surface area contributed by atoms with E-state index in [1.807, 2.05) is 12.4 Å². The van der Waals surface area contributed by atoms with Gasteiger partial charge in [-0.1, -0.05) is 31.4 Å². The Morgan fingerprint density at radius 1 is 1.30 bits per heavy atom. The molecule has 1 unspecified atom stereocenters. The number of hydrogen-bond donors (Lipinski definition) is 1. The predicted molar refractivity (Wildman–Crippen MR) is 83.0 cm³/mol. The Balaban J connectivity index is 2.29. The van der Waals surface area contributed by atoms with Crippen molar-refractivity contribution in [3.8, 4) is 5.75 Å². The van der Waals surface area contributed by atoms with Crippen molar-refractivity contribution in [3.63, 3.8) is 0 Å². The number of nitrogens with one attached hydrogen (secondary N) is 1. The summed E-state index contributed by atoms with van der Waals surface area (Å²) in [5.41, 5.74) is 2.72. The van der Waals surface area contributed by atoms with Gasteiger partial charge in [-0.3, -0.25) is 4.98 Å². The molecule has 0 aromatic carbocycles. The molecule has 3 nitrogen and oxygen atoms in total. The minimum Gasteiger partial charge on any atom is -0.495 e. The number of aromatic nitrogens is 1. The Bertz CT molecular complexity index is 442. The Morgan fingerprint density at radius 3 is 2.95 bits per heavy atom. The topological polar surface area (TPSA) is 34.2 Å². The summed E-state index contributed by atoms with van der Waals surface area (Å²) in [7, 11) is 1.72. The Hall–Kier alpha value is -1.35. The monoisotopic (exact) mass is 274 g/mol. The van der Waals surface area contributed by atoms with Crippen molar-refractivity contribution in [2.24, 2.45) is 0 Å². The molecule has 1 aliphatic carbocycles. The summed E-state index contributed by atoms with van der Waals surface area (Å²) in [5, 5.41) is 3.62. The smallest absolute Gasteiger partial charge is 0.142 e. The zero-order chi connectivity index (χ0) is 14.2. The van der Waals surface area contributed by atoms with Gasteiger partial charge in [0.25, 0.3) is 0 Å². The van der Waals surface area contributed by atoms with Gasteiger partial charge in [-0.05, 0) is 38.3 Å². The van der Waals surface area contributed by atoms with E-state index in [0.717, 1.165) is 12.3 Å². The largest absolute Gasteiger partial charge is 0.495 e. The van der Waals surface area contributed by atoms with E-state index in [1.54, 1.807) is 7.11 Å². The molecule has 0 saturated carbocycles. The van der Waals surface area contributed by atoms with Gasteiger partial charge in [0, 0.05) is 11.8 Å². The number of hydrogen-bond acceptors (Lipinski definition) is 3. The van der Waals surface area contributed by atoms with Crippen LogP contribution >= 0.6 is 0 Å². The number of methoxy groups -OCH3 is 1. The fourth-order valence-corrected chi connectivity index (χ4v) is 2.92. The zero-order valence-corrected chi connectivity index (χ0v) is 12.7. The average molecular weight is 274 g/mol. The second kappa shape index (κ2) is 8.05. The highest BCUT2D eigenvalue weighted by Gasteiger charge is 2.19. The standard InChI is InChI=1S/C17H26N2O/c1-3-19-17(14-9-7-5-4-6-8-10-14)15-11-12-18-13-16(15)20-2/h9,11-13,17,19H,3-8,10H2,1-2H3/b14-9+. The van der Waals surface area contributed by atoms with Crippen molar-refractivity contribution in [2.75, 3.05) is 13.7 Å². The molecule has 2 rings (SSSR count). The Labute approximate surface area is 122 Å². The van der Waals surface area contributed by atoms with Gasteiger partial charge in [0.1, 0.15) is 5.75 Å². The summed E-state index contributed by atoms with van der Waals surface area (Å²) in [5.74, 6) is 0.876. The summed E-state index contributed by atoms with van der Waals surface area (Å²) >= 11 is 0. The van der Waals surface area contributed by atoms with E-state index in [0.29, 0.717) is 0 Å². The van der Waals surface area contributed by atoms with E-state index < -0.39 is 0 Å². The van der Waals surface area contributed by atoms with Crippen LogP contribution in [-0.4, -0.2) is 18.6 Å². The van der Waals surface area contributed by atoms with Crippen LogP contribution in [0.15, 0.2) is 30.1 Å². The summed E-state index contributed by atoms with van der Waals surface area (Å²) in [6.45, 7) is 3.11. The molecule has 0 fully saturated rings. The highest BCUT2D eigenvalue weighted by molar-refractivity contribution is 5.38. The maximum Gasteiger partial charge on any atom is 0.142 e. The van der Waals surface area contributed by atoms with Gasteiger partial charge in [-0.25, -0.2) is 0 Å². The van der Waals surface area contributed by atoms with Gasteiger partial charge in [-0.15, -0.1) is 0 Å². The molecule has 1 heterocycles. The fraction of sp³-hybridized carbons (Fsp3) is 0.588. The first kappa shape index (κ1) is 15.0. The van der Waals surface area contributed by atoms with Crippen molar-refractivity contribution in [1.82, 2.24) is 10.3 Å². The molecule has 1 atom stereocenters. The fourth-order valence-electron chi connectivity index (χ4n) is 2.92. The van der Waals surface area contributed by atoms with Crippen LogP contribution in [0.3, 0.4) is 0 Å². The lowest BCUT2D eigenvalue weighted by molar-refractivity contribution is 0.400.